The van der Waals surface area contributed by atoms with E-state index >= 15 is 0 Å². The third-order valence-corrected chi connectivity index (χ3v) is 6.37. The lowest BCUT2D eigenvalue weighted by atomic mass is 9.81. The van der Waals surface area contributed by atoms with Crippen molar-refractivity contribution in [2.24, 2.45) is 0 Å². The van der Waals surface area contributed by atoms with Gasteiger partial charge < -0.3 is 10.2 Å². The second kappa shape index (κ2) is 7.06. The highest BCUT2D eigenvalue weighted by Crippen LogP contribution is 2.38. The monoisotopic (exact) mass is 361 g/mol. The summed E-state index contributed by atoms with van der Waals surface area (Å²) in [6.07, 6.45) is 3.02. The molecule has 2 aromatic rings. The van der Waals surface area contributed by atoms with E-state index in [0.29, 0.717) is 0 Å². The Bertz CT molecular complexity index is 838. The van der Waals surface area contributed by atoms with Crippen molar-refractivity contribution in [2.75, 3.05) is 0 Å². The Morgan fingerprint density at radius 3 is 2.20 bits per heavy atom. The molecule has 0 saturated heterocycles. The van der Waals surface area contributed by atoms with Gasteiger partial charge in [0.2, 0.25) is 10.0 Å². The van der Waals surface area contributed by atoms with E-state index in [4.69, 9.17) is 0 Å². The van der Waals surface area contributed by atoms with Gasteiger partial charge in [0.15, 0.2) is 0 Å². The van der Waals surface area contributed by atoms with Gasteiger partial charge in [0.1, 0.15) is 11.5 Å². The summed E-state index contributed by atoms with van der Waals surface area (Å²) in [6.45, 7) is 1.92. The number of benzene rings is 2. The van der Waals surface area contributed by atoms with Gasteiger partial charge in [-0.3, -0.25) is 0 Å². The van der Waals surface area contributed by atoms with Crippen molar-refractivity contribution in [1.82, 2.24) is 4.72 Å². The zero-order valence-corrected chi connectivity index (χ0v) is 15.0. The molecule has 3 N–H and O–H groups in total. The van der Waals surface area contributed by atoms with Gasteiger partial charge >= 0.3 is 0 Å². The Labute approximate surface area is 148 Å². The minimum Gasteiger partial charge on any atom is -0.508 e. The fraction of sp³-hybridized carbons (Fsp3) is 0.368. The highest BCUT2D eigenvalue weighted by atomic mass is 32.2. The van der Waals surface area contributed by atoms with Crippen molar-refractivity contribution in [3.8, 4) is 11.5 Å². The predicted octanol–water partition coefficient (Wildman–Crippen LogP) is 3.41. The van der Waals surface area contributed by atoms with E-state index in [1.807, 2.05) is 6.92 Å². The van der Waals surface area contributed by atoms with Gasteiger partial charge in [-0.1, -0.05) is 23.8 Å². The number of nitrogens with one attached hydrogen (secondary N) is 1. The lowest BCUT2D eigenvalue weighted by molar-refractivity contribution is 0.362. The van der Waals surface area contributed by atoms with Crippen LogP contribution in [0, 0.1) is 6.92 Å². The van der Waals surface area contributed by atoms with Crippen LogP contribution in [-0.2, 0) is 10.0 Å². The van der Waals surface area contributed by atoms with Gasteiger partial charge in [0, 0.05) is 12.1 Å². The van der Waals surface area contributed by atoms with Gasteiger partial charge in [-0.05, 0) is 62.3 Å². The Hall–Kier alpha value is -2.05. The van der Waals surface area contributed by atoms with Gasteiger partial charge in [-0.2, -0.15) is 0 Å². The Kier molecular flexibility index (Phi) is 5.01. The molecule has 0 amide bonds. The fourth-order valence-corrected chi connectivity index (χ4v) is 4.71. The molecule has 0 unspecified atom stereocenters. The summed E-state index contributed by atoms with van der Waals surface area (Å²) < 4.78 is 27.7. The summed E-state index contributed by atoms with van der Waals surface area (Å²) in [6, 6.07) is 11.4. The van der Waals surface area contributed by atoms with Gasteiger partial charge in [0.05, 0.1) is 4.90 Å². The molecule has 1 saturated carbocycles. The average Bonchev–Trinajstić information content (AvgIpc) is 2.56. The molecule has 2 aromatic carbocycles. The number of aromatic hydroxyl groups is 2. The Balaban J connectivity index is 1.63. The number of rotatable bonds is 4. The third-order valence-electron chi connectivity index (χ3n) is 4.83. The molecular formula is C19H23NO4S. The maximum Gasteiger partial charge on any atom is 0.240 e. The van der Waals surface area contributed by atoms with Crippen LogP contribution < -0.4 is 4.72 Å². The van der Waals surface area contributed by atoms with Crippen LogP contribution in [0.15, 0.2) is 47.4 Å². The zero-order chi connectivity index (χ0) is 18.0. The summed E-state index contributed by atoms with van der Waals surface area (Å²) >= 11 is 0. The lowest BCUT2D eigenvalue weighted by Gasteiger charge is -2.29. The summed E-state index contributed by atoms with van der Waals surface area (Å²) in [7, 11) is -3.51. The minimum absolute atomic E-state index is 0.0424. The Morgan fingerprint density at radius 1 is 0.960 bits per heavy atom. The summed E-state index contributed by atoms with van der Waals surface area (Å²) in [4.78, 5) is 0.288. The van der Waals surface area contributed by atoms with Crippen molar-refractivity contribution in [3.05, 3.63) is 53.6 Å². The first-order chi connectivity index (χ1) is 11.8. The molecule has 3 rings (SSSR count). The van der Waals surface area contributed by atoms with E-state index in [0.717, 1.165) is 36.8 Å². The molecular weight excluding hydrogens is 338 g/mol. The zero-order valence-electron chi connectivity index (χ0n) is 14.1. The standard InChI is InChI=1S/C19H23NO4S/c1-13-2-9-17(10-3-13)25(23,24)20-15-6-4-14(5-7-15)18-11-8-16(21)12-19(18)22/h2-3,8-12,14-15,20-22H,4-7H2,1H3. The average molecular weight is 361 g/mol. The second-order valence-electron chi connectivity index (χ2n) is 6.73. The van der Waals surface area contributed by atoms with E-state index < -0.39 is 10.0 Å². The SMILES string of the molecule is Cc1ccc(S(=O)(=O)NC2CCC(c3ccc(O)cc3O)CC2)cc1. The van der Waals surface area contributed by atoms with Crippen molar-refractivity contribution in [3.63, 3.8) is 0 Å². The first-order valence-corrected chi connectivity index (χ1v) is 9.94. The molecule has 1 aliphatic carbocycles. The van der Waals surface area contributed by atoms with Crippen molar-refractivity contribution < 1.29 is 18.6 Å². The van der Waals surface area contributed by atoms with Crippen LogP contribution in [0.3, 0.4) is 0 Å². The molecule has 5 nitrogen and oxygen atoms in total. The van der Waals surface area contributed by atoms with E-state index in [-0.39, 0.29) is 28.4 Å². The van der Waals surface area contributed by atoms with Crippen LogP contribution in [-0.4, -0.2) is 24.7 Å². The highest BCUT2D eigenvalue weighted by Gasteiger charge is 2.27. The van der Waals surface area contributed by atoms with E-state index in [1.165, 1.54) is 6.07 Å². The van der Waals surface area contributed by atoms with Crippen LogP contribution in [0.4, 0.5) is 0 Å². The molecule has 0 bridgehead atoms. The summed E-state index contributed by atoms with van der Waals surface area (Å²) in [5.74, 6) is 0.324. The third kappa shape index (κ3) is 4.14. The molecule has 1 aliphatic rings. The molecule has 25 heavy (non-hydrogen) atoms. The quantitative estimate of drug-likeness (QED) is 0.779. The predicted molar refractivity (Wildman–Crippen MR) is 96.3 cm³/mol. The molecule has 0 heterocycles. The van der Waals surface area contributed by atoms with Crippen molar-refractivity contribution >= 4 is 10.0 Å². The lowest BCUT2D eigenvalue weighted by Crippen LogP contribution is -2.37. The summed E-state index contributed by atoms with van der Waals surface area (Å²) in [5, 5.41) is 19.4. The number of sulfonamides is 1. The molecule has 6 heteroatoms. The van der Waals surface area contributed by atoms with Crippen LogP contribution >= 0.6 is 0 Å². The molecule has 134 valence electrons. The van der Waals surface area contributed by atoms with Crippen LogP contribution in [0.1, 0.15) is 42.7 Å². The number of phenols is 2. The second-order valence-corrected chi connectivity index (χ2v) is 8.44. The molecule has 0 atom stereocenters. The fourth-order valence-electron chi connectivity index (χ4n) is 3.40. The van der Waals surface area contributed by atoms with Crippen LogP contribution in [0.25, 0.3) is 0 Å². The van der Waals surface area contributed by atoms with Gasteiger partial charge in [0.25, 0.3) is 0 Å². The van der Waals surface area contributed by atoms with Crippen LogP contribution in [0.5, 0.6) is 11.5 Å². The topological polar surface area (TPSA) is 86.6 Å². The number of hydrogen-bond donors (Lipinski definition) is 3. The number of aryl methyl sites for hydroxylation is 1. The van der Waals surface area contributed by atoms with E-state index in [2.05, 4.69) is 4.72 Å². The minimum atomic E-state index is -3.51. The molecule has 0 aliphatic heterocycles. The van der Waals surface area contributed by atoms with Crippen molar-refractivity contribution in [2.45, 2.75) is 49.5 Å². The van der Waals surface area contributed by atoms with Gasteiger partial charge in [-0.15, -0.1) is 0 Å². The van der Waals surface area contributed by atoms with E-state index in [1.54, 1.807) is 36.4 Å². The normalized spacial score (nSPS) is 21.2. The van der Waals surface area contributed by atoms with Gasteiger partial charge in [-0.25, -0.2) is 13.1 Å². The highest BCUT2D eigenvalue weighted by molar-refractivity contribution is 7.89. The van der Waals surface area contributed by atoms with Crippen LogP contribution in [0.2, 0.25) is 0 Å². The Morgan fingerprint density at radius 2 is 1.60 bits per heavy atom. The largest absolute Gasteiger partial charge is 0.508 e. The molecule has 0 radical (unpaired) electrons. The molecule has 1 fully saturated rings. The number of phenolic OH excluding ortho intramolecular Hbond substituents is 2. The first kappa shape index (κ1) is 17.8. The maximum absolute atomic E-state index is 12.5. The smallest absolute Gasteiger partial charge is 0.240 e. The summed E-state index contributed by atoms with van der Waals surface area (Å²) in [5.41, 5.74) is 1.84. The molecule has 0 aromatic heterocycles. The molecule has 0 spiro atoms. The maximum atomic E-state index is 12.5. The van der Waals surface area contributed by atoms with E-state index in [9.17, 15) is 18.6 Å². The van der Waals surface area contributed by atoms with Crippen molar-refractivity contribution in [1.29, 1.82) is 0 Å². The number of hydrogen-bond acceptors (Lipinski definition) is 4. The first-order valence-electron chi connectivity index (χ1n) is 8.46.